The van der Waals surface area contributed by atoms with Crippen molar-refractivity contribution in [3.63, 3.8) is 0 Å². The summed E-state index contributed by atoms with van der Waals surface area (Å²) < 4.78 is 0. The van der Waals surface area contributed by atoms with Gasteiger partial charge in [0.25, 0.3) is 0 Å². The van der Waals surface area contributed by atoms with Gasteiger partial charge in [-0.3, -0.25) is 4.79 Å². The summed E-state index contributed by atoms with van der Waals surface area (Å²) in [4.78, 5) is 17.0. The summed E-state index contributed by atoms with van der Waals surface area (Å²) in [6.07, 6.45) is 0.822. The highest BCUT2D eigenvalue weighted by atomic mass is 16.2. The number of hydrogen-bond donors (Lipinski definition) is 1. The molecule has 1 fully saturated rings. The number of rotatable bonds is 2. The van der Waals surface area contributed by atoms with Crippen molar-refractivity contribution in [3.05, 3.63) is 35.4 Å². The molecule has 2 aliphatic heterocycles. The van der Waals surface area contributed by atoms with E-state index in [1.165, 1.54) is 11.1 Å². The highest BCUT2D eigenvalue weighted by molar-refractivity contribution is 5.82. The van der Waals surface area contributed by atoms with Gasteiger partial charge < -0.3 is 15.1 Å². The number of likely N-dealkylation sites (N-methyl/N-ethyl adjacent to an activating group) is 1. The molecule has 2 aliphatic rings. The Morgan fingerprint density at radius 2 is 1.90 bits per heavy atom. The van der Waals surface area contributed by atoms with Gasteiger partial charge in [-0.15, -0.1) is 0 Å². The summed E-state index contributed by atoms with van der Waals surface area (Å²) in [5.41, 5.74) is 2.64. The zero-order valence-corrected chi connectivity index (χ0v) is 12.1. The van der Waals surface area contributed by atoms with Gasteiger partial charge in [0.1, 0.15) is 0 Å². The van der Waals surface area contributed by atoms with Gasteiger partial charge in [-0.05, 0) is 24.1 Å². The number of piperazine rings is 1. The molecule has 1 aromatic rings. The van der Waals surface area contributed by atoms with Gasteiger partial charge in [0.05, 0.1) is 6.04 Å². The van der Waals surface area contributed by atoms with Crippen LogP contribution in [0.2, 0.25) is 0 Å². The molecule has 108 valence electrons. The van der Waals surface area contributed by atoms with Crippen LogP contribution in [0.25, 0.3) is 0 Å². The average Bonchev–Trinajstić information content (AvgIpc) is 2.54. The molecule has 1 aromatic carbocycles. The molecule has 3 rings (SSSR count). The van der Waals surface area contributed by atoms with Gasteiger partial charge in [-0.2, -0.15) is 0 Å². The molecule has 0 radical (unpaired) electrons. The molecule has 4 nitrogen and oxygen atoms in total. The van der Waals surface area contributed by atoms with Crippen LogP contribution in [0, 0.1) is 0 Å². The van der Waals surface area contributed by atoms with Gasteiger partial charge in [0, 0.05) is 32.7 Å². The number of carbonyl (C=O) groups excluding carboxylic acids is 1. The molecule has 20 heavy (non-hydrogen) atoms. The van der Waals surface area contributed by atoms with Gasteiger partial charge >= 0.3 is 0 Å². The summed E-state index contributed by atoms with van der Waals surface area (Å²) in [6.45, 7) is 7.81. The van der Waals surface area contributed by atoms with E-state index in [-0.39, 0.29) is 11.9 Å². The second-order valence-electron chi connectivity index (χ2n) is 5.67. The Balaban J connectivity index is 1.62. The van der Waals surface area contributed by atoms with Crippen LogP contribution in [0.4, 0.5) is 0 Å². The van der Waals surface area contributed by atoms with Crippen molar-refractivity contribution < 1.29 is 4.79 Å². The molecule has 0 aromatic heterocycles. The van der Waals surface area contributed by atoms with Crippen LogP contribution in [-0.2, 0) is 17.8 Å². The van der Waals surface area contributed by atoms with Crippen LogP contribution >= 0.6 is 0 Å². The molecule has 1 atom stereocenters. The van der Waals surface area contributed by atoms with E-state index in [0.717, 1.165) is 45.7 Å². The van der Waals surface area contributed by atoms with Crippen LogP contribution in [-0.4, -0.2) is 54.5 Å². The van der Waals surface area contributed by atoms with Crippen molar-refractivity contribution in [3.8, 4) is 0 Å². The molecule has 1 amide bonds. The average molecular weight is 273 g/mol. The maximum Gasteiger partial charge on any atom is 0.240 e. The lowest BCUT2D eigenvalue weighted by Crippen LogP contribution is -2.55. The Morgan fingerprint density at radius 1 is 1.20 bits per heavy atom. The Morgan fingerprint density at radius 3 is 2.60 bits per heavy atom. The van der Waals surface area contributed by atoms with Crippen LogP contribution in [0.5, 0.6) is 0 Å². The van der Waals surface area contributed by atoms with Crippen molar-refractivity contribution >= 4 is 5.91 Å². The minimum absolute atomic E-state index is 0.0434. The minimum Gasteiger partial charge on any atom is -0.339 e. The number of nitrogens with one attached hydrogen (secondary N) is 1. The van der Waals surface area contributed by atoms with Gasteiger partial charge in [-0.1, -0.05) is 31.2 Å². The fraction of sp³-hybridized carbons (Fsp3) is 0.562. The Hall–Kier alpha value is -1.39. The molecule has 0 bridgehead atoms. The Bertz CT molecular complexity index is 480. The van der Waals surface area contributed by atoms with E-state index in [1.54, 1.807) is 0 Å². The van der Waals surface area contributed by atoms with E-state index in [2.05, 4.69) is 41.4 Å². The maximum absolute atomic E-state index is 12.6. The highest BCUT2D eigenvalue weighted by Crippen LogP contribution is 2.17. The fourth-order valence-corrected chi connectivity index (χ4v) is 3.13. The van der Waals surface area contributed by atoms with Gasteiger partial charge in [-0.25, -0.2) is 0 Å². The Labute approximate surface area is 120 Å². The summed E-state index contributed by atoms with van der Waals surface area (Å²) in [6, 6.07) is 8.37. The first-order chi connectivity index (χ1) is 9.78. The number of carbonyl (C=O) groups is 1. The first-order valence-corrected chi connectivity index (χ1v) is 7.59. The quantitative estimate of drug-likeness (QED) is 0.868. The normalized spacial score (nSPS) is 23.4. The SMILES string of the molecule is CCN1CCN(C(=O)C2Cc3ccccc3CN2)CC1. The molecule has 4 heteroatoms. The summed E-state index contributed by atoms with van der Waals surface area (Å²) in [5.74, 6) is 0.273. The second-order valence-corrected chi connectivity index (χ2v) is 5.67. The van der Waals surface area contributed by atoms with Gasteiger partial charge in [0.15, 0.2) is 0 Å². The molecule has 1 saturated heterocycles. The van der Waals surface area contributed by atoms with E-state index >= 15 is 0 Å². The molecule has 0 saturated carbocycles. The van der Waals surface area contributed by atoms with Crippen LogP contribution < -0.4 is 5.32 Å². The van der Waals surface area contributed by atoms with Crippen molar-refractivity contribution in [2.75, 3.05) is 32.7 Å². The van der Waals surface area contributed by atoms with Crippen molar-refractivity contribution in [2.45, 2.75) is 25.9 Å². The molecule has 2 heterocycles. The molecule has 0 aliphatic carbocycles. The molecule has 1 unspecified atom stereocenters. The smallest absolute Gasteiger partial charge is 0.240 e. The minimum atomic E-state index is -0.0434. The molecule has 0 spiro atoms. The lowest BCUT2D eigenvalue weighted by molar-refractivity contribution is -0.135. The van der Waals surface area contributed by atoms with Crippen molar-refractivity contribution in [1.82, 2.24) is 15.1 Å². The summed E-state index contributed by atoms with van der Waals surface area (Å²) in [7, 11) is 0. The summed E-state index contributed by atoms with van der Waals surface area (Å²) in [5, 5.41) is 3.39. The molecular formula is C16H23N3O. The lowest BCUT2D eigenvalue weighted by atomic mass is 9.95. The topological polar surface area (TPSA) is 35.6 Å². The first kappa shape index (κ1) is 13.6. The van der Waals surface area contributed by atoms with E-state index in [4.69, 9.17) is 0 Å². The van der Waals surface area contributed by atoms with Crippen LogP contribution in [0.15, 0.2) is 24.3 Å². The number of hydrogen-bond acceptors (Lipinski definition) is 3. The first-order valence-electron chi connectivity index (χ1n) is 7.59. The van der Waals surface area contributed by atoms with E-state index < -0.39 is 0 Å². The zero-order valence-electron chi connectivity index (χ0n) is 12.1. The predicted molar refractivity (Wildman–Crippen MR) is 79.5 cm³/mol. The monoisotopic (exact) mass is 273 g/mol. The third kappa shape index (κ3) is 2.72. The van der Waals surface area contributed by atoms with E-state index in [9.17, 15) is 4.79 Å². The van der Waals surface area contributed by atoms with Crippen molar-refractivity contribution in [2.24, 2.45) is 0 Å². The van der Waals surface area contributed by atoms with Crippen molar-refractivity contribution in [1.29, 1.82) is 0 Å². The van der Waals surface area contributed by atoms with Crippen LogP contribution in [0.1, 0.15) is 18.1 Å². The van der Waals surface area contributed by atoms with E-state index in [1.807, 2.05) is 4.90 Å². The molecule has 1 N–H and O–H groups in total. The number of nitrogens with zero attached hydrogens (tertiary/aromatic N) is 2. The zero-order chi connectivity index (χ0) is 13.9. The highest BCUT2D eigenvalue weighted by Gasteiger charge is 2.29. The molecular weight excluding hydrogens is 250 g/mol. The fourth-order valence-electron chi connectivity index (χ4n) is 3.13. The van der Waals surface area contributed by atoms with Gasteiger partial charge in [0.2, 0.25) is 5.91 Å². The lowest BCUT2D eigenvalue weighted by Gasteiger charge is -2.37. The van der Waals surface area contributed by atoms with E-state index in [0.29, 0.717) is 0 Å². The standard InChI is InChI=1S/C16H23N3O/c1-2-18-7-9-19(10-8-18)16(20)15-11-13-5-3-4-6-14(13)12-17-15/h3-6,15,17H,2,7-12H2,1H3. The van der Waals surface area contributed by atoms with Crippen LogP contribution in [0.3, 0.4) is 0 Å². The number of amides is 1. The second kappa shape index (κ2) is 5.94. The summed E-state index contributed by atoms with van der Waals surface area (Å²) >= 11 is 0. The maximum atomic E-state index is 12.6. The number of fused-ring (bicyclic) bond motifs is 1. The predicted octanol–water partition coefficient (Wildman–Crippen LogP) is 0.865. The Kier molecular flexibility index (Phi) is 4.03. The third-order valence-electron chi connectivity index (χ3n) is 4.51. The third-order valence-corrected chi connectivity index (χ3v) is 4.51. The number of benzene rings is 1. The largest absolute Gasteiger partial charge is 0.339 e.